The van der Waals surface area contributed by atoms with E-state index in [-0.39, 0.29) is 5.82 Å². The lowest BCUT2D eigenvalue weighted by Crippen LogP contribution is -1.88. The first-order valence-electron chi connectivity index (χ1n) is 6.29. The molecular weight excluding hydrogens is 323 g/mol. The largest absolute Gasteiger partial charge is 0.206 e. The Morgan fingerprint density at radius 1 is 1.05 bits per heavy atom. The van der Waals surface area contributed by atoms with Crippen LogP contribution in [0, 0.1) is 12.7 Å². The van der Waals surface area contributed by atoms with E-state index in [9.17, 15) is 4.39 Å². The summed E-state index contributed by atoms with van der Waals surface area (Å²) in [5.74, 6) is -0.236. The van der Waals surface area contributed by atoms with E-state index in [2.05, 4.69) is 8.75 Å². The van der Waals surface area contributed by atoms with Gasteiger partial charge in [-0.25, -0.2) is 4.39 Å². The van der Waals surface area contributed by atoms with Crippen molar-refractivity contribution in [2.75, 3.05) is 0 Å². The summed E-state index contributed by atoms with van der Waals surface area (Å²) < 4.78 is 23.4. The number of fused-ring (bicyclic) bond motifs is 1. The molecular formula is C15H9FN2S3. The molecule has 0 spiro atoms. The zero-order chi connectivity index (χ0) is 14.4. The molecule has 3 aromatic heterocycles. The van der Waals surface area contributed by atoms with E-state index in [0.29, 0.717) is 11.1 Å². The first-order valence-corrected chi connectivity index (χ1v) is 8.72. The van der Waals surface area contributed by atoms with Crippen molar-refractivity contribution in [1.82, 2.24) is 8.75 Å². The Bertz CT molecular complexity index is 922. The molecule has 0 fully saturated rings. The van der Waals surface area contributed by atoms with Crippen molar-refractivity contribution < 1.29 is 4.39 Å². The van der Waals surface area contributed by atoms with Crippen molar-refractivity contribution in [3.8, 4) is 20.9 Å². The van der Waals surface area contributed by atoms with Crippen molar-refractivity contribution in [2.45, 2.75) is 6.92 Å². The molecule has 0 radical (unpaired) electrons. The molecule has 21 heavy (non-hydrogen) atoms. The maximum Gasteiger partial charge on any atom is 0.134 e. The van der Waals surface area contributed by atoms with Crippen LogP contribution in [0.4, 0.5) is 4.39 Å². The van der Waals surface area contributed by atoms with Crippen LogP contribution in [0.2, 0.25) is 0 Å². The second-order valence-electron chi connectivity index (χ2n) is 4.63. The first-order chi connectivity index (χ1) is 10.2. The molecule has 4 rings (SSSR count). The fraction of sp³-hybridized carbons (Fsp3) is 0.0667. The van der Waals surface area contributed by atoms with Gasteiger partial charge in [-0.2, -0.15) is 8.75 Å². The van der Waals surface area contributed by atoms with Gasteiger partial charge in [-0.15, -0.1) is 22.7 Å². The highest BCUT2D eigenvalue weighted by molar-refractivity contribution is 7.15. The number of hydrogen-bond acceptors (Lipinski definition) is 5. The normalized spacial score (nSPS) is 11.3. The molecule has 0 atom stereocenters. The van der Waals surface area contributed by atoms with Crippen LogP contribution in [0.15, 0.2) is 35.7 Å². The summed E-state index contributed by atoms with van der Waals surface area (Å²) in [7, 11) is 0. The summed E-state index contributed by atoms with van der Waals surface area (Å²) in [6.45, 7) is 2.02. The standard InChI is InChI=1S/C15H9FN2S3/c1-8-4-5-12(20-8)13-10(16)7-9(11-3-2-6-19-11)14-15(13)18-21-17-14/h2-7H,1H3. The molecule has 104 valence electrons. The van der Waals surface area contributed by atoms with Crippen LogP contribution in [0.3, 0.4) is 0 Å². The van der Waals surface area contributed by atoms with Gasteiger partial charge in [0.2, 0.25) is 0 Å². The van der Waals surface area contributed by atoms with Gasteiger partial charge in [-0.3, -0.25) is 0 Å². The van der Waals surface area contributed by atoms with Crippen LogP contribution in [0.25, 0.3) is 31.9 Å². The van der Waals surface area contributed by atoms with Gasteiger partial charge in [0.25, 0.3) is 0 Å². The number of nitrogens with zero attached hydrogens (tertiary/aromatic N) is 2. The zero-order valence-electron chi connectivity index (χ0n) is 11.0. The SMILES string of the molecule is Cc1ccc(-c2c(F)cc(-c3cccs3)c3nsnc23)s1. The summed E-state index contributed by atoms with van der Waals surface area (Å²) in [6, 6.07) is 9.47. The Morgan fingerprint density at radius 3 is 2.62 bits per heavy atom. The van der Waals surface area contributed by atoms with Crippen LogP contribution in [-0.4, -0.2) is 8.75 Å². The molecule has 0 unspecified atom stereocenters. The van der Waals surface area contributed by atoms with Crippen LogP contribution in [0.5, 0.6) is 0 Å². The molecule has 0 saturated heterocycles. The predicted molar refractivity (Wildman–Crippen MR) is 88.7 cm³/mol. The van der Waals surface area contributed by atoms with E-state index < -0.39 is 0 Å². The van der Waals surface area contributed by atoms with Gasteiger partial charge < -0.3 is 0 Å². The predicted octanol–water partition coefficient (Wildman–Crippen LogP) is 5.60. The third-order valence-electron chi connectivity index (χ3n) is 3.26. The maximum absolute atomic E-state index is 14.7. The summed E-state index contributed by atoms with van der Waals surface area (Å²) in [5.41, 5.74) is 2.83. The second kappa shape index (κ2) is 4.98. The highest BCUT2D eigenvalue weighted by atomic mass is 32.1. The minimum Gasteiger partial charge on any atom is -0.206 e. The van der Waals surface area contributed by atoms with E-state index in [1.807, 2.05) is 36.6 Å². The third-order valence-corrected chi connectivity index (χ3v) is 5.71. The van der Waals surface area contributed by atoms with E-state index >= 15 is 0 Å². The Balaban J connectivity index is 2.05. The Morgan fingerprint density at radius 2 is 1.90 bits per heavy atom. The van der Waals surface area contributed by atoms with E-state index in [4.69, 9.17) is 0 Å². The summed E-state index contributed by atoms with van der Waals surface area (Å²) in [4.78, 5) is 3.07. The molecule has 0 saturated carbocycles. The maximum atomic E-state index is 14.7. The molecule has 4 aromatic rings. The van der Waals surface area contributed by atoms with Gasteiger partial charge in [0, 0.05) is 20.2 Å². The third kappa shape index (κ3) is 2.10. The molecule has 0 amide bonds. The summed E-state index contributed by atoms with van der Waals surface area (Å²) in [6.07, 6.45) is 0. The molecule has 0 aliphatic rings. The molecule has 0 aliphatic carbocycles. The van der Waals surface area contributed by atoms with Crippen molar-refractivity contribution in [3.05, 3.63) is 46.4 Å². The molecule has 0 bridgehead atoms. The zero-order valence-corrected chi connectivity index (χ0v) is 13.4. The molecule has 6 heteroatoms. The van der Waals surface area contributed by atoms with Crippen molar-refractivity contribution in [2.24, 2.45) is 0 Å². The fourth-order valence-electron chi connectivity index (χ4n) is 2.33. The summed E-state index contributed by atoms with van der Waals surface area (Å²) in [5, 5.41) is 1.98. The lowest BCUT2D eigenvalue weighted by molar-refractivity contribution is 0.633. The van der Waals surface area contributed by atoms with Gasteiger partial charge in [-0.05, 0) is 36.6 Å². The Kier molecular flexibility index (Phi) is 3.10. The van der Waals surface area contributed by atoms with Gasteiger partial charge in [0.15, 0.2) is 0 Å². The van der Waals surface area contributed by atoms with Crippen LogP contribution in [-0.2, 0) is 0 Å². The molecule has 1 aromatic carbocycles. The number of aryl methyl sites for hydroxylation is 1. The van der Waals surface area contributed by atoms with Crippen LogP contribution in [0.1, 0.15) is 4.88 Å². The number of aromatic nitrogens is 2. The first kappa shape index (κ1) is 13.1. The highest BCUT2D eigenvalue weighted by Crippen LogP contribution is 2.40. The monoisotopic (exact) mass is 332 g/mol. The van der Waals surface area contributed by atoms with Crippen molar-refractivity contribution in [1.29, 1.82) is 0 Å². The Hall–Kier alpha value is -1.63. The lowest BCUT2D eigenvalue weighted by Gasteiger charge is -2.05. The second-order valence-corrected chi connectivity index (χ2v) is 7.39. The quantitative estimate of drug-likeness (QED) is 0.478. The number of rotatable bonds is 2. The van der Waals surface area contributed by atoms with Crippen molar-refractivity contribution in [3.63, 3.8) is 0 Å². The Labute approximate surface area is 132 Å². The minimum absolute atomic E-state index is 0.236. The number of halogens is 1. The highest BCUT2D eigenvalue weighted by Gasteiger charge is 2.19. The van der Waals surface area contributed by atoms with E-state index in [1.165, 1.54) is 0 Å². The smallest absolute Gasteiger partial charge is 0.134 e. The van der Waals surface area contributed by atoms with Crippen LogP contribution < -0.4 is 0 Å². The van der Waals surface area contributed by atoms with E-state index in [1.54, 1.807) is 28.7 Å². The molecule has 0 aliphatic heterocycles. The average molecular weight is 332 g/mol. The van der Waals surface area contributed by atoms with Crippen LogP contribution >= 0.6 is 34.4 Å². The fourth-order valence-corrected chi connectivity index (χ4v) is 4.56. The van der Waals surface area contributed by atoms with Gasteiger partial charge in [0.1, 0.15) is 16.9 Å². The lowest BCUT2D eigenvalue weighted by atomic mass is 10.1. The average Bonchev–Trinajstić information content (AvgIpc) is 3.18. The van der Waals surface area contributed by atoms with Gasteiger partial charge >= 0.3 is 0 Å². The summed E-state index contributed by atoms with van der Waals surface area (Å²) >= 11 is 4.29. The van der Waals surface area contributed by atoms with Gasteiger partial charge in [0.05, 0.1) is 17.3 Å². The molecule has 0 N–H and O–H groups in total. The number of hydrogen-bond donors (Lipinski definition) is 0. The number of thiophene rings is 2. The minimum atomic E-state index is -0.236. The van der Waals surface area contributed by atoms with Gasteiger partial charge in [-0.1, -0.05) is 6.07 Å². The van der Waals surface area contributed by atoms with Crippen molar-refractivity contribution >= 4 is 45.4 Å². The molecule has 2 nitrogen and oxygen atoms in total. The topological polar surface area (TPSA) is 25.8 Å². The van der Waals surface area contributed by atoms with E-state index in [0.717, 1.165) is 37.4 Å². The number of benzene rings is 1. The molecule has 3 heterocycles.